The fraction of sp³-hybridized carbons (Fsp3) is 0.292. The van der Waals surface area contributed by atoms with E-state index in [0.717, 1.165) is 5.56 Å². The third kappa shape index (κ3) is 6.44. The molecule has 0 saturated carbocycles. The number of carbonyl (C=O) groups is 3. The number of rotatable bonds is 9. The first-order valence-corrected chi connectivity index (χ1v) is 11.7. The number of benzene rings is 2. The Bertz CT molecular complexity index is 1180. The molecule has 1 aromatic heterocycles. The average Bonchev–Trinajstić information content (AvgIpc) is 3.18. The molecular formula is C24H27N5O4S. The van der Waals surface area contributed by atoms with E-state index < -0.39 is 5.97 Å². The smallest absolute Gasteiger partial charge is 0.338 e. The summed E-state index contributed by atoms with van der Waals surface area (Å²) in [5.41, 5.74) is 2.52. The van der Waals surface area contributed by atoms with Crippen LogP contribution in [-0.2, 0) is 16.6 Å². The van der Waals surface area contributed by atoms with Gasteiger partial charge in [-0.15, -0.1) is 10.2 Å². The van der Waals surface area contributed by atoms with Crippen molar-refractivity contribution in [2.45, 2.75) is 32.0 Å². The molecule has 3 aromatic rings. The second-order valence-electron chi connectivity index (χ2n) is 7.60. The summed E-state index contributed by atoms with van der Waals surface area (Å²) in [5, 5.41) is 14.6. The molecule has 10 heteroatoms. The van der Waals surface area contributed by atoms with Gasteiger partial charge in [0, 0.05) is 18.3 Å². The molecule has 0 bridgehead atoms. The molecule has 0 radical (unpaired) electrons. The summed E-state index contributed by atoms with van der Waals surface area (Å²) in [7, 11) is 1.78. The number of carbonyl (C=O) groups excluding carboxylic acids is 3. The zero-order chi connectivity index (χ0) is 24.7. The van der Waals surface area contributed by atoms with Gasteiger partial charge in [0.15, 0.2) is 11.0 Å². The molecule has 0 unspecified atom stereocenters. The molecule has 0 fully saturated rings. The second kappa shape index (κ2) is 11.5. The molecule has 2 N–H and O–H groups in total. The number of aryl methyl sites for hydroxylation is 1. The van der Waals surface area contributed by atoms with Crippen LogP contribution in [0.4, 0.5) is 5.69 Å². The highest BCUT2D eigenvalue weighted by Gasteiger charge is 2.19. The van der Waals surface area contributed by atoms with Crippen LogP contribution in [0.2, 0.25) is 0 Å². The van der Waals surface area contributed by atoms with Gasteiger partial charge in [0.05, 0.1) is 24.0 Å². The van der Waals surface area contributed by atoms with Gasteiger partial charge in [-0.2, -0.15) is 0 Å². The molecule has 9 nitrogen and oxygen atoms in total. The van der Waals surface area contributed by atoms with Crippen LogP contribution in [0.1, 0.15) is 52.0 Å². The summed E-state index contributed by atoms with van der Waals surface area (Å²) >= 11 is 1.22. The maximum Gasteiger partial charge on any atom is 0.338 e. The Hall–Kier alpha value is -3.66. The number of amides is 2. The predicted octanol–water partition coefficient (Wildman–Crippen LogP) is 3.52. The summed E-state index contributed by atoms with van der Waals surface area (Å²) in [4.78, 5) is 36.8. The average molecular weight is 482 g/mol. The maximum absolute atomic E-state index is 12.5. The normalized spacial score (nSPS) is 11.5. The topological polar surface area (TPSA) is 115 Å². The fourth-order valence-electron chi connectivity index (χ4n) is 3.14. The molecule has 178 valence electrons. The minimum atomic E-state index is -0.442. The van der Waals surface area contributed by atoms with Gasteiger partial charge >= 0.3 is 5.97 Å². The molecule has 0 aliphatic heterocycles. The Kier molecular flexibility index (Phi) is 8.42. The van der Waals surface area contributed by atoms with Crippen LogP contribution in [-0.4, -0.2) is 44.9 Å². The quantitative estimate of drug-likeness (QED) is 0.355. The fourth-order valence-corrected chi connectivity index (χ4v) is 3.86. The number of hydrogen-bond acceptors (Lipinski definition) is 7. The Labute approximate surface area is 202 Å². The summed E-state index contributed by atoms with van der Waals surface area (Å²) < 4.78 is 6.73. The number of aromatic nitrogens is 3. The van der Waals surface area contributed by atoms with Gasteiger partial charge < -0.3 is 19.9 Å². The van der Waals surface area contributed by atoms with Crippen LogP contribution >= 0.6 is 11.8 Å². The number of hydrogen-bond donors (Lipinski definition) is 2. The molecule has 3 rings (SSSR count). The first-order valence-electron chi connectivity index (χ1n) is 10.7. The summed E-state index contributed by atoms with van der Waals surface area (Å²) in [6.07, 6.45) is 0. The standard InChI is InChI=1S/C24H27N5O4S/c1-5-33-23(32)18-7-6-8-19(13-18)26-20(30)14-34-24-28-27-21(29(24)4)16(3)25-22(31)17-11-9-15(2)10-12-17/h6-13,16H,5,14H2,1-4H3,(H,25,31)(H,26,30)/t16-/m1/s1. The highest BCUT2D eigenvalue weighted by molar-refractivity contribution is 7.99. The van der Waals surface area contributed by atoms with E-state index >= 15 is 0 Å². The van der Waals surface area contributed by atoms with Gasteiger partial charge in [0.2, 0.25) is 5.91 Å². The minimum absolute atomic E-state index is 0.0969. The largest absolute Gasteiger partial charge is 0.462 e. The number of ether oxygens (including phenoxy) is 1. The summed E-state index contributed by atoms with van der Waals surface area (Å²) in [6, 6.07) is 13.5. The monoisotopic (exact) mass is 481 g/mol. The second-order valence-corrected chi connectivity index (χ2v) is 8.54. The number of anilines is 1. The Morgan fingerprint density at radius 3 is 2.53 bits per heavy atom. The third-order valence-electron chi connectivity index (χ3n) is 4.91. The van der Waals surface area contributed by atoms with Gasteiger partial charge in [-0.3, -0.25) is 9.59 Å². The third-order valence-corrected chi connectivity index (χ3v) is 5.93. The van der Waals surface area contributed by atoms with E-state index in [9.17, 15) is 14.4 Å². The van der Waals surface area contributed by atoms with Crippen LogP contribution in [0.3, 0.4) is 0 Å². The van der Waals surface area contributed by atoms with Gasteiger partial charge in [-0.05, 0) is 51.1 Å². The van der Waals surface area contributed by atoms with Crippen LogP contribution in [0.5, 0.6) is 0 Å². The lowest BCUT2D eigenvalue weighted by atomic mass is 10.1. The molecule has 2 amide bonds. The molecule has 2 aromatic carbocycles. The van der Waals surface area contributed by atoms with Gasteiger partial charge in [-0.1, -0.05) is 35.5 Å². The molecule has 0 saturated heterocycles. The Morgan fingerprint density at radius 2 is 1.82 bits per heavy atom. The van der Waals surface area contributed by atoms with Crippen LogP contribution in [0, 0.1) is 6.92 Å². The van der Waals surface area contributed by atoms with E-state index in [4.69, 9.17) is 4.74 Å². The lowest BCUT2D eigenvalue weighted by Crippen LogP contribution is -2.28. The van der Waals surface area contributed by atoms with E-state index in [1.54, 1.807) is 54.9 Å². The van der Waals surface area contributed by atoms with Crippen molar-refractivity contribution in [2.75, 3.05) is 17.7 Å². The van der Waals surface area contributed by atoms with Crippen molar-refractivity contribution < 1.29 is 19.1 Å². The molecule has 0 aliphatic rings. The van der Waals surface area contributed by atoms with Gasteiger partial charge in [0.1, 0.15) is 0 Å². The number of thioether (sulfide) groups is 1. The first-order chi connectivity index (χ1) is 16.3. The van der Waals surface area contributed by atoms with Crippen molar-refractivity contribution in [1.82, 2.24) is 20.1 Å². The van der Waals surface area contributed by atoms with E-state index in [0.29, 0.717) is 27.8 Å². The number of nitrogens with one attached hydrogen (secondary N) is 2. The van der Waals surface area contributed by atoms with Gasteiger partial charge in [0.25, 0.3) is 5.91 Å². The highest BCUT2D eigenvalue weighted by atomic mass is 32.2. The molecule has 0 aliphatic carbocycles. The molecule has 0 spiro atoms. The SMILES string of the molecule is CCOC(=O)c1cccc(NC(=O)CSc2nnc([C@@H](C)NC(=O)c3ccc(C)cc3)n2C)c1. The molecular weight excluding hydrogens is 454 g/mol. The summed E-state index contributed by atoms with van der Waals surface area (Å²) in [6.45, 7) is 5.80. The van der Waals surface area contributed by atoms with Crippen molar-refractivity contribution in [2.24, 2.45) is 7.05 Å². The van der Waals surface area contributed by atoms with Crippen LogP contribution in [0.15, 0.2) is 53.7 Å². The van der Waals surface area contributed by atoms with Crippen molar-refractivity contribution in [3.05, 3.63) is 71.0 Å². The zero-order valence-corrected chi connectivity index (χ0v) is 20.3. The zero-order valence-electron chi connectivity index (χ0n) is 19.5. The van der Waals surface area contributed by atoms with Crippen LogP contribution < -0.4 is 10.6 Å². The van der Waals surface area contributed by atoms with Crippen molar-refractivity contribution in [3.63, 3.8) is 0 Å². The minimum Gasteiger partial charge on any atom is -0.462 e. The molecule has 1 heterocycles. The molecule has 1 atom stereocenters. The van der Waals surface area contributed by atoms with Crippen LogP contribution in [0.25, 0.3) is 0 Å². The number of nitrogens with zero attached hydrogens (tertiary/aromatic N) is 3. The first kappa shape index (κ1) is 25.0. The van der Waals surface area contributed by atoms with Gasteiger partial charge in [-0.25, -0.2) is 4.79 Å². The van der Waals surface area contributed by atoms with E-state index in [-0.39, 0.29) is 30.2 Å². The lowest BCUT2D eigenvalue weighted by Gasteiger charge is -2.14. The molecule has 34 heavy (non-hydrogen) atoms. The van der Waals surface area contributed by atoms with E-state index in [1.807, 2.05) is 26.0 Å². The highest BCUT2D eigenvalue weighted by Crippen LogP contribution is 2.20. The van der Waals surface area contributed by atoms with E-state index in [2.05, 4.69) is 20.8 Å². The Morgan fingerprint density at radius 1 is 1.09 bits per heavy atom. The Balaban J connectivity index is 1.56. The number of esters is 1. The summed E-state index contributed by atoms with van der Waals surface area (Å²) in [5.74, 6) is -0.223. The lowest BCUT2D eigenvalue weighted by molar-refractivity contribution is -0.113. The van der Waals surface area contributed by atoms with Crippen molar-refractivity contribution in [3.8, 4) is 0 Å². The van der Waals surface area contributed by atoms with E-state index in [1.165, 1.54) is 11.8 Å². The van der Waals surface area contributed by atoms with Crippen molar-refractivity contribution >= 4 is 35.2 Å². The predicted molar refractivity (Wildman–Crippen MR) is 130 cm³/mol. The maximum atomic E-state index is 12.5. The van der Waals surface area contributed by atoms with Crippen molar-refractivity contribution in [1.29, 1.82) is 0 Å².